The van der Waals surface area contributed by atoms with E-state index in [9.17, 15) is 8.42 Å². The molecule has 1 atom stereocenters. The highest BCUT2D eigenvalue weighted by Crippen LogP contribution is 2.24. The van der Waals surface area contributed by atoms with Crippen molar-refractivity contribution < 1.29 is 13.5 Å². The van der Waals surface area contributed by atoms with Crippen LogP contribution in [0.1, 0.15) is 12.0 Å². The molecule has 1 aliphatic rings. The Kier molecular flexibility index (Phi) is 4.42. The molecule has 0 amide bonds. The van der Waals surface area contributed by atoms with Crippen molar-refractivity contribution in [3.05, 3.63) is 29.8 Å². The molecule has 18 heavy (non-hydrogen) atoms. The highest BCUT2D eigenvalue weighted by Gasteiger charge is 2.31. The third-order valence-corrected chi connectivity index (χ3v) is 5.75. The fourth-order valence-corrected chi connectivity index (χ4v) is 3.97. The maximum absolute atomic E-state index is 12.3. The second-order valence-electron chi connectivity index (χ2n) is 4.48. The molecule has 2 rings (SSSR count). The predicted molar refractivity (Wildman–Crippen MR) is 73.0 cm³/mol. The molecule has 1 fully saturated rings. The fourth-order valence-electron chi connectivity index (χ4n) is 2.06. The Balaban J connectivity index is 2.20. The Hall–Kier alpha value is -0.430. The van der Waals surface area contributed by atoms with Gasteiger partial charge in [0.15, 0.2) is 0 Å². The zero-order valence-corrected chi connectivity index (χ0v) is 12.3. The van der Waals surface area contributed by atoms with E-state index in [-0.39, 0.29) is 12.5 Å². The summed E-state index contributed by atoms with van der Waals surface area (Å²) in [6, 6.07) is 6.89. The maximum Gasteiger partial charge on any atom is 0.243 e. The van der Waals surface area contributed by atoms with Crippen LogP contribution in [-0.4, -0.2) is 37.5 Å². The molecule has 0 saturated carbocycles. The highest BCUT2D eigenvalue weighted by molar-refractivity contribution is 9.08. The van der Waals surface area contributed by atoms with Crippen molar-refractivity contribution in [3.63, 3.8) is 0 Å². The molecular formula is C12H16BrNO3S. The van der Waals surface area contributed by atoms with Crippen molar-refractivity contribution in [3.8, 4) is 0 Å². The summed E-state index contributed by atoms with van der Waals surface area (Å²) in [5, 5.41) is 9.77. The monoisotopic (exact) mass is 333 g/mol. The number of aliphatic hydroxyl groups excluding tert-OH is 1. The van der Waals surface area contributed by atoms with Crippen LogP contribution in [0.25, 0.3) is 0 Å². The summed E-state index contributed by atoms with van der Waals surface area (Å²) >= 11 is 3.33. The van der Waals surface area contributed by atoms with Gasteiger partial charge in [-0.15, -0.1) is 0 Å². The van der Waals surface area contributed by atoms with Crippen LogP contribution in [0.3, 0.4) is 0 Å². The number of sulfonamides is 1. The molecule has 0 aliphatic carbocycles. The number of aliphatic hydroxyl groups is 1. The Labute approximate surface area is 116 Å². The first-order chi connectivity index (χ1) is 8.57. The number of nitrogens with zero attached hydrogens (tertiary/aromatic N) is 1. The SMILES string of the molecule is O=S(=O)(c1ccc(CBr)cc1)N1CCC(CO)C1. The summed E-state index contributed by atoms with van der Waals surface area (Å²) in [5.74, 6) is 0.0709. The lowest BCUT2D eigenvalue weighted by molar-refractivity contribution is 0.233. The molecule has 6 heteroatoms. The average Bonchev–Trinajstić information content (AvgIpc) is 2.88. The van der Waals surface area contributed by atoms with Crippen LogP contribution in [-0.2, 0) is 15.4 Å². The van der Waals surface area contributed by atoms with Gasteiger partial charge in [0.1, 0.15) is 0 Å². The number of alkyl halides is 1. The van der Waals surface area contributed by atoms with Crippen molar-refractivity contribution >= 4 is 26.0 Å². The van der Waals surface area contributed by atoms with Crippen molar-refractivity contribution in [2.24, 2.45) is 5.92 Å². The largest absolute Gasteiger partial charge is 0.396 e. The van der Waals surface area contributed by atoms with Gasteiger partial charge >= 0.3 is 0 Å². The van der Waals surface area contributed by atoms with E-state index in [0.29, 0.717) is 23.3 Å². The van der Waals surface area contributed by atoms with Crippen molar-refractivity contribution in [2.75, 3.05) is 19.7 Å². The van der Waals surface area contributed by atoms with Crippen molar-refractivity contribution in [1.29, 1.82) is 0 Å². The van der Waals surface area contributed by atoms with Crippen LogP contribution in [0.5, 0.6) is 0 Å². The normalized spacial score (nSPS) is 21.3. The maximum atomic E-state index is 12.3. The number of benzene rings is 1. The molecule has 1 N–H and O–H groups in total. The fraction of sp³-hybridized carbons (Fsp3) is 0.500. The summed E-state index contributed by atoms with van der Waals surface area (Å²) in [5.41, 5.74) is 1.05. The molecule has 100 valence electrons. The Morgan fingerprint density at radius 2 is 2.00 bits per heavy atom. The van der Waals surface area contributed by atoms with Gasteiger partial charge in [0.25, 0.3) is 0 Å². The smallest absolute Gasteiger partial charge is 0.243 e. The number of rotatable bonds is 4. The van der Waals surface area contributed by atoms with Gasteiger partial charge in [-0.3, -0.25) is 0 Å². The van der Waals surface area contributed by atoms with Gasteiger partial charge in [-0.25, -0.2) is 8.42 Å². The van der Waals surface area contributed by atoms with Gasteiger partial charge in [-0.2, -0.15) is 4.31 Å². The highest BCUT2D eigenvalue weighted by atomic mass is 79.9. The summed E-state index contributed by atoms with van der Waals surface area (Å²) < 4.78 is 26.1. The first-order valence-corrected chi connectivity index (χ1v) is 8.40. The van der Waals surface area contributed by atoms with Gasteiger partial charge in [0, 0.05) is 25.0 Å². The third-order valence-electron chi connectivity index (χ3n) is 3.22. The van der Waals surface area contributed by atoms with Crippen molar-refractivity contribution in [2.45, 2.75) is 16.6 Å². The first kappa shape index (κ1) is 14.0. The molecular weight excluding hydrogens is 318 g/mol. The lowest BCUT2D eigenvalue weighted by Gasteiger charge is -2.16. The Bertz CT molecular complexity index is 501. The van der Waals surface area contributed by atoms with E-state index in [1.54, 1.807) is 24.3 Å². The molecule has 0 bridgehead atoms. The Morgan fingerprint density at radius 3 is 2.50 bits per heavy atom. The van der Waals surface area contributed by atoms with Gasteiger partial charge < -0.3 is 5.11 Å². The standard InChI is InChI=1S/C12H16BrNO3S/c13-7-10-1-3-12(4-2-10)18(16,17)14-6-5-11(8-14)9-15/h1-4,11,15H,5-9H2. The van der Waals surface area contributed by atoms with E-state index >= 15 is 0 Å². The molecule has 1 aliphatic heterocycles. The minimum absolute atomic E-state index is 0.0501. The van der Waals surface area contributed by atoms with Crippen LogP contribution in [0.2, 0.25) is 0 Å². The first-order valence-electron chi connectivity index (χ1n) is 5.84. The van der Waals surface area contributed by atoms with E-state index in [0.717, 1.165) is 12.0 Å². The van der Waals surface area contributed by atoms with E-state index in [2.05, 4.69) is 15.9 Å². The second-order valence-corrected chi connectivity index (χ2v) is 6.98. The van der Waals surface area contributed by atoms with Crippen LogP contribution < -0.4 is 0 Å². The van der Waals surface area contributed by atoms with Gasteiger partial charge in [0.05, 0.1) is 4.90 Å². The van der Waals surface area contributed by atoms with Gasteiger partial charge in [-0.05, 0) is 30.0 Å². The average molecular weight is 334 g/mol. The van der Waals surface area contributed by atoms with Crippen LogP contribution in [0.4, 0.5) is 0 Å². The molecule has 1 aromatic rings. The predicted octanol–water partition coefficient (Wildman–Crippen LogP) is 1.58. The van der Waals surface area contributed by atoms with Crippen LogP contribution in [0.15, 0.2) is 29.2 Å². The second kappa shape index (κ2) is 5.69. The lowest BCUT2D eigenvalue weighted by atomic mass is 10.1. The minimum atomic E-state index is -3.40. The Morgan fingerprint density at radius 1 is 1.33 bits per heavy atom. The van der Waals surface area contributed by atoms with Gasteiger partial charge in [0.2, 0.25) is 10.0 Å². The molecule has 1 heterocycles. The van der Waals surface area contributed by atoms with Crippen molar-refractivity contribution in [1.82, 2.24) is 4.31 Å². The molecule has 1 saturated heterocycles. The molecule has 4 nitrogen and oxygen atoms in total. The molecule has 0 radical (unpaired) electrons. The van der Waals surface area contributed by atoms with Crippen LogP contribution in [0, 0.1) is 5.92 Å². The molecule has 1 aromatic carbocycles. The third kappa shape index (κ3) is 2.77. The summed E-state index contributed by atoms with van der Waals surface area (Å²) in [6.45, 7) is 0.960. The lowest BCUT2D eigenvalue weighted by Crippen LogP contribution is -2.29. The quantitative estimate of drug-likeness (QED) is 0.851. The topological polar surface area (TPSA) is 57.6 Å². The van der Waals surface area contributed by atoms with E-state index in [1.807, 2.05) is 0 Å². The zero-order valence-electron chi connectivity index (χ0n) is 9.92. The zero-order chi connectivity index (χ0) is 13.2. The number of hydrogen-bond acceptors (Lipinski definition) is 3. The molecule has 0 aromatic heterocycles. The summed E-state index contributed by atoms with van der Waals surface area (Å²) in [6.07, 6.45) is 0.731. The molecule has 0 spiro atoms. The van der Waals surface area contributed by atoms with Gasteiger partial charge in [-0.1, -0.05) is 28.1 Å². The van der Waals surface area contributed by atoms with E-state index in [4.69, 9.17) is 5.11 Å². The number of hydrogen-bond donors (Lipinski definition) is 1. The van der Waals surface area contributed by atoms with E-state index in [1.165, 1.54) is 4.31 Å². The minimum Gasteiger partial charge on any atom is -0.396 e. The molecule has 1 unspecified atom stereocenters. The van der Waals surface area contributed by atoms with E-state index < -0.39 is 10.0 Å². The number of halogens is 1. The summed E-state index contributed by atoms with van der Waals surface area (Å²) in [4.78, 5) is 0.325. The van der Waals surface area contributed by atoms with Crippen LogP contribution >= 0.6 is 15.9 Å². The summed E-state index contributed by atoms with van der Waals surface area (Å²) in [7, 11) is -3.40.